The maximum Gasteiger partial charge on any atom is 0.326 e. The van der Waals surface area contributed by atoms with E-state index >= 15 is 0 Å². The molecule has 92 valence electrons. The van der Waals surface area contributed by atoms with Crippen LogP contribution in [0.3, 0.4) is 0 Å². The predicted molar refractivity (Wildman–Crippen MR) is 65.6 cm³/mol. The van der Waals surface area contributed by atoms with Crippen LogP contribution in [0.1, 0.15) is 29.6 Å². The molecule has 1 aromatic heterocycles. The second-order valence-electron chi connectivity index (χ2n) is 3.97. The second kappa shape index (κ2) is 4.70. The third-order valence-corrected chi connectivity index (χ3v) is 3.94. The number of piperidine rings is 1. The Labute approximate surface area is 102 Å². The number of nitrogens with two attached hydrogens (primary N) is 1. The van der Waals surface area contributed by atoms with E-state index in [-0.39, 0.29) is 10.6 Å². The van der Waals surface area contributed by atoms with Crippen LogP contribution in [0.5, 0.6) is 0 Å². The number of nitrogens with zero attached hydrogens (tertiary/aromatic N) is 2. The van der Waals surface area contributed by atoms with Crippen molar-refractivity contribution in [3.8, 4) is 0 Å². The fraction of sp³-hybridized carbons (Fsp3) is 0.500. The fourth-order valence-electron chi connectivity index (χ4n) is 1.97. The number of hydrogen-bond donors (Lipinski definition) is 1. The number of carbonyl (C=O) groups excluding carboxylic acids is 1. The Balaban J connectivity index is 2.36. The summed E-state index contributed by atoms with van der Waals surface area (Å²) in [5, 5.41) is 11.3. The summed E-state index contributed by atoms with van der Waals surface area (Å²) in [5.74, 6) is -0.602. The number of thiophene rings is 1. The van der Waals surface area contributed by atoms with Crippen LogP contribution in [0, 0.1) is 10.1 Å². The van der Waals surface area contributed by atoms with Gasteiger partial charge in [-0.15, -0.1) is 0 Å². The molecule has 0 atom stereocenters. The highest BCUT2D eigenvalue weighted by molar-refractivity contribution is 7.19. The van der Waals surface area contributed by atoms with Crippen LogP contribution in [0.2, 0.25) is 0 Å². The molecule has 7 heteroatoms. The van der Waals surface area contributed by atoms with Crippen molar-refractivity contribution in [1.82, 2.24) is 0 Å². The molecule has 6 nitrogen and oxygen atoms in total. The molecule has 1 saturated heterocycles. The van der Waals surface area contributed by atoms with Gasteiger partial charge in [-0.3, -0.25) is 14.9 Å². The molecule has 1 fully saturated rings. The maximum atomic E-state index is 11.3. The topological polar surface area (TPSA) is 89.5 Å². The summed E-state index contributed by atoms with van der Waals surface area (Å²) in [5.41, 5.74) is 5.52. The van der Waals surface area contributed by atoms with Gasteiger partial charge in [-0.05, 0) is 30.6 Å². The predicted octanol–water partition coefficient (Wildman–Crippen LogP) is 1.75. The van der Waals surface area contributed by atoms with Crippen LogP contribution < -0.4 is 10.6 Å². The molecule has 1 aromatic rings. The zero-order valence-electron chi connectivity index (χ0n) is 9.22. The summed E-state index contributed by atoms with van der Waals surface area (Å²) in [4.78, 5) is 23.5. The molecule has 1 amide bonds. The third kappa shape index (κ3) is 2.38. The van der Waals surface area contributed by atoms with Crippen LogP contribution in [0.4, 0.5) is 10.0 Å². The minimum atomic E-state index is -0.602. The van der Waals surface area contributed by atoms with Gasteiger partial charge in [0.15, 0.2) is 0 Å². The molecule has 0 saturated carbocycles. The van der Waals surface area contributed by atoms with E-state index < -0.39 is 10.8 Å². The van der Waals surface area contributed by atoms with Crippen LogP contribution in [-0.2, 0) is 0 Å². The first-order chi connectivity index (χ1) is 8.09. The average molecular weight is 255 g/mol. The quantitative estimate of drug-likeness (QED) is 0.658. The van der Waals surface area contributed by atoms with Crippen LogP contribution in [0.15, 0.2) is 6.07 Å². The van der Waals surface area contributed by atoms with Gasteiger partial charge in [-0.1, -0.05) is 0 Å². The van der Waals surface area contributed by atoms with Gasteiger partial charge in [-0.25, -0.2) is 0 Å². The lowest BCUT2D eigenvalue weighted by molar-refractivity contribution is -0.380. The number of primary amides is 1. The van der Waals surface area contributed by atoms with Gasteiger partial charge in [0.25, 0.3) is 5.91 Å². The highest BCUT2D eigenvalue weighted by Crippen LogP contribution is 2.37. The minimum Gasteiger partial charge on any atom is -0.366 e. The lowest BCUT2D eigenvalue weighted by Gasteiger charge is -2.27. The van der Waals surface area contributed by atoms with Crippen molar-refractivity contribution in [3.63, 3.8) is 0 Å². The Bertz CT molecular complexity index is 452. The molecule has 1 aliphatic rings. The Kier molecular flexibility index (Phi) is 3.28. The van der Waals surface area contributed by atoms with Gasteiger partial charge in [0.2, 0.25) is 0 Å². The molecule has 0 spiro atoms. The number of amides is 1. The number of nitro groups is 1. The van der Waals surface area contributed by atoms with Crippen molar-refractivity contribution in [3.05, 3.63) is 21.7 Å². The van der Waals surface area contributed by atoms with Gasteiger partial charge in [0.05, 0.1) is 10.5 Å². The first-order valence-corrected chi connectivity index (χ1v) is 6.24. The first-order valence-electron chi connectivity index (χ1n) is 5.42. The SMILES string of the molecule is NC(=O)c1cc([N+](=O)[O-])sc1N1CCCCC1. The third-order valence-electron chi connectivity index (χ3n) is 2.79. The Hall–Kier alpha value is -1.63. The lowest BCUT2D eigenvalue weighted by Crippen LogP contribution is -2.30. The standard InChI is InChI=1S/C10H13N3O3S/c11-9(14)7-6-8(13(15)16)17-10(7)12-4-2-1-3-5-12/h6H,1-5H2,(H2,11,14). The van der Waals surface area contributed by atoms with Crippen LogP contribution >= 0.6 is 11.3 Å². The van der Waals surface area contributed by atoms with E-state index in [0.29, 0.717) is 5.00 Å². The van der Waals surface area contributed by atoms with Gasteiger partial charge in [-0.2, -0.15) is 0 Å². The van der Waals surface area contributed by atoms with E-state index in [2.05, 4.69) is 0 Å². The molecule has 2 heterocycles. The Morgan fingerprint density at radius 3 is 2.59 bits per heavy atom. The molecular formula is C10H13N3O3S. The maximum absolute atomic E-state index is 11.3. The normalized spacial score (nSPS) is 15.9. The summed E-state index contributed by atoms with van der Waals surface area (Å²) < 4.78 is 0. The van der Waals surface area contributed by atoms with Gasteiger partial charge < -0.3 is 10.6 Å². The van der Waals surface area contributed by atoms with Crippen molar-refractivity contribution in [1.29, 1.82) is 0 Å². The zero-order chi connectivity index (χ0) is 12.4. The molecule has 2 rings (SSSR count). The molecule has 0 bridgehead atoms. The molecule has 0 aromatic carbocycles. The van der Waals surface area contributed by atoms with E-state index in [9.17, 15) is 14.9 Å². The van der Waals surface area contributed by atoms with Crippen molar-refractivity contribution >= 4 is 27.2 Å². The number of anilines is 1. The number of hydrogen-bond acceptors (Lipinski definition) is 5. The van der Waals surface area contributed by atoms with Crippen molar-refractivity contribution in [2.24, 2.45) is 5.73 Å². The van der Waals surface area contributed by atoms with E-state index in [1.54, 1.807) is 0 Å². The molecule has 0 aliphatic carbocycles. The summed E-state index contributed by atoms with van der Waals surface area (Å²) in [6, 6.07) is 1.27. The second-order valence-corrected chi connectivity index (χ2v) is 4.98. The summed E-state index contributed by atoms with van der Waals surface area (Å²) >= 11 is 1.03. The van der Waals surface area contributed by atoms with Crippen molar-refractivity contribution in [2.75, 3.05) is 18.0 Å². The van der Waals surface area contributed by atoms with Crippen molar-refractivity contribution < 1.29 is 9.72 Å². The Morgan fingerprint density at radius 2 is 2.06 bits per heavy atom. The van der Waals surface area contributed by atoms with E-state index in [1.807, 2.05) is 4.90 Å². The molecule has 0 radical (unpaired) electrons. The minimum absolute atomic E-state index is 0.0284. The summed E-state index contributed by atoms with van der Waals surface area (Å²) in [7, 11) is 0. The highest BCUT2D eigenvalue weighted by Gasteiger charge is 2.24. The highest BCUT2D eigenvalue weighted by atomic mass is 32.1. The summed E-state index contributed by atoms with van der Waals surface area (Å²) in [6.45, 7) is 1.66. The molecule has 1 aliphatic heterocycles. The van der Waals surface area contributed by atoms with E-state index in [4.69, 9.17) is 5.73 Å². The number of carbonyl (C=O) groups is 1. The Morgan fingerprint density at radius 1 is 1.41 bits per heavy atom. The molecule has 2 N–H and O–H groups in total. The first kappa shape index (κ1) is 11.8. The lowest BCUT2D eigenvalue weighted by atomic mass is 10.1. The summed E-state index contributed by atoms with van der Waals surface area (Å²) in [6.07, 6.45) is 3.25. The largest absolute Gasteiger partial charge is 0.366 e. The molecule has 0 unspecified atom stereocenters. The van der Waals surface area contributed by atoms with Gasteiger partial charge >= 0.3 is 5.00 Å². The number of rotatable bonds is 3. The van der Waals surface area contributed by atoms with Crippen LogP contribution in [0.25, 0.3) is 0 Å². The van der Waals surface area contributed by atoms with Gasteiger partial charge in [0.1, 0.15) is 5.00 Å². The zero-order valence-corrected chi connectivity index (χ0v) is 10.0. The monoisotopic (exact) mass is 255 g/mol. The molecule has 17 heavy (non-hydrogen) atoms. The van der Waals surface area contributed by atoms with Crippen molar-refractivity contribution in [2.45, 2.75) is 19.3 Å². The van der Waals surface area contributed by atoms with Gasteiger partial charge in [0, 0.05) is 19.2 Å². The van der Waals surface area contributed by atoms with E-state index in [1.165, 1.54) is 6.07 Å². The van der Waals surface area contributed by atoms with Crippen LogP contribution in [-0.4, -0.2) is 23.9 Å². The smallest absolute Gasteiger partial charge is 0.326 e. The average Bonchev–Trinajstić information content (AvgIpc) is 2.75. The van der Waals surface area contributed by atoms with E-state index in [0.717, 1.165) is 43.7 Å². The molecular weight excluding hydrogens is 242 g/mol. The fourth-order valence-corrected chi connectivity index (χ4v) is 3.00.